The van der Waals surface area contributed by atoms with Gasteiger partial charge in [0.05, 0.1) is 12.0 Å². The van der Waals surface area contributed by atoms with Crippen molar-refractivity contribution in [2.45, 2.75) is 58.4 Å². The Morgan fingerprint density at radius 1 is 1.32 bits per heavy atom. The first-order valence-corrected chi connectivity index (χ1v) is 10.1. The van der Waals surface area contributed by atoms with Crippen LogP contribution in [0.25, 0.3) is 10.2 Å². The van der Waals surface area contributed by atoms with Crippen molar-refractivity contribution in [3.63, 3.8) is 0 Å². The predicted octanol–water partition coefficient (Wildman–Crippen LogP) is 4.99. The maximum atomic E-state index is 12.4. The SMILES string of the molecule is CCCOC(=O)c1sc2nc(Cl)nc(N(C)C3CCCCC3)c2c1C. The number of hydrogen-bond donors (Lipinski definition) is 0. The van der Waals surface area contributed by atoms with Gasteiger partial charge in [0.1, 0.15) is 15.5 Å². The molecule has 2 aromatic heterocycles. The third-order valence-corrected chi connectivity index (χ3v) is 6.16. The highest BCUT2D eigenvalue weighted by Crippen LogP contribution is 2.38. The molecule has 136 valence electrons. The number of halogens is 1. The molecule has 7 heteroatoms. The van der Waals surface area contributed by atoms with E-state index in [0.717, 1.165) is 40.9 Å². The molecule has 0 bridgehead atoms. The topological polar surface area (TPSA) is 55.3 Å². The molecule has 0 saturated heterocycles. The maximum Gasteiger partial charge on any atom is 0.348 e. The maximum absolute atomic E-state index is 12.4. The molecule has 25 heavy (non-hydrogen) atoms. The highest BCUT2D eigenvalue weighted by molar-refractivity contribution is 7.20. The highest BCUT2D eigenvalue weighted by Gasteiger charge is 2.26. The fraction of sp³-hybridized carbons (Fsp3) is 0.611. The number of hydrogen-bond acceptors (Lipinski definition) is 6. The van der Waals surface area contributed by atoms with Gasteiger partial charge < -0.3 is 9.64 Å². The number of aromatic nitrogens is 2. The summed E-state index contributed by atoms with van der Waals surface area (Å²) >= 11 is 7.51. The highest BCUT2D eigenvalue weighted by atomic mass is 35.5. The Labute approximate surface area is 157 Å². The van der Waals surface area contributed by atoms with Gasteiger partial charge >= 0.3 is 5.97 Å². The summed E-state index contributed by atoms with van der Waals surface area (Å²) in [5.41, 5.74) is 0.885. The van der Waals surface area contributed by atoms with E-state index in [0.29, 0.717) is 17.5 Å². The van der Waals surface area contributed by atoms with Gasteiger partial charge in [-0.1, -0.05) is 26.2 Å². The average molecular weight is 382 g/mol. The van der Waals surface area contributed by atoms with Gasteiger partial charge in [0.15, 0.2) is 0 Å². The number of nitrogens with zero attached hydrogens (tertiary/aromatic N) is 3. The number of rotatable bonds is 5. The monoisotopic (exact) mass is 381 g/mol. The standard InChI is InChI=1S/C18H24ClN3O2S/c1-4-10-24-17(23)14-11(2)13-15(20-18(19)21-16(13)25-14)22(3)12-8-6-5-7-9-12/h12H,4-10H2,1-3H3. The van der Waals surface area contributed by atoms with E-state index in [4.69, 9.17) is 16.3 Å². The summed E-state index contributed by atoms with van der Waals surface area (Å²) in [4.78, 5) is 24.8. The number of carbonyl (C=O) groups excluding carboxylic acids is 1. The summed E-state index contributed by atoms with van der Waals surface area (Å²) in [7, 11) is 2.07. The van der Waals surface area contributed by atoms with E-state index < -0.39 is 0 Å². The zero-order chi connectivity index (χ0) is 18.0. The molecule has 0 radical (unpaired) electrons. The summed E-state index contributed by atoms with van der Waals surface area (Å²) in [5, 5.41) is 1.14. The number of esters is 1. The van der Waals surface area contributed by atoms with Crippen LogP contribution in [0.5, 0.6) is 0 Å². The number of aryl methyl sites for hydroxylation is 1. The summed E-state index contributed by atoms with van der Waals surface area (Å²) in [6.07, 6.45) is 6.91. The normalized spacial score (nSPS) is 15.5. The Bertz CT molecular complexity index is 771. The van der Waals surface area contributed by atoms with E-state index in [1.165, 1.54) is 30.6 Å². The molecule has 2 aromatic rings. The minimum Gasteiger partial charge on any atom is -0.462 e. The Morgan fingerprint density at radius 2 is 2.04 bits per heavy atom. The minimum atomic E-state index is -0.287. The lowest BCUT2D eigenvalue weighted by molar-refractivity contribution is 0.0510. The number of fused-ring (bicyclic) bond motifs is 1. The van der Waals surface area contributed by atoms with E-state index in [2.05, 4.69) is 21.9 Å². The van der Waals surface area contributed by atoms with E-state index in [-0.39, 0.29) is 11.3 Å². The van der Waals surface area contributed by atoms with Crippen LogP contribution in [0.1, 0.15) is 60.7 Å². The Morgan fingerprint density at radius 3 is 2.72 bits per heavy atom. The van der Waals surface area contributed by atoms with Crippen molar-refractivity contribution in [1.29, 1.82) is 0 Å². The second-order valence-corrected chi connectivity index (χ2v) is 7.93. The van der Waals surface area contributed by atoms with Crippen LogP contribution < -0.4 is 4.90 Å². The molecule has 0 atom stereocenters. The molecular weight excluding hydrogens is 358 g/mol. The number of carbonyl (C=O) groups is 1. The van der Waals surface area contributed by atoms with E-state index in [1.54, 1.807) is 0 Å². The smallest absolute Gasteiger partial charge is 0.348 e. The number of anilines is 1. The van der Waals surface area contributed by atoms with Crippen LogP contribution in [0.15, 0.2) is 0 Å². The predicted molar refractivity (Wildman–Crippen MR) is 103 cm³/mol. The van der Waals surface area contributed by atoms with E-state index in [1.807, 2.05) is 13.8 Å². The Hall–Kier alpha value is -1.40. The molecule has 0 N–H and O–H groups in total. The molecule has 3 rings (SSSR count). The number of ether oxygens (including phenoxy) is 1. The van der Waals surface area contributed by atoms with Crippen LogP contribution in [-0.2, 0) is 4.74 Å². The van der Waals surface area contributed by atoms with Crippen LogP contribution in [-0.4, -0.2) is 35.6 Å². The van der Waals surface area contributed by atoms with Gasteiger partial charge in [-0.15, -0.1) is 11.3 Å². The van der Waals surface area contributed by atoms with Crippen LogP contribution >= 0.6 is 22.9 Å². The van der Waals surface area contributed by atoms with E-state index >= 15 is 0 Å². The van der Waals surface area contributed by atoms with Crippen molar-refractivity contribution >= 4 is 44.9 Å². The van der Waals surface area contributed by atoms with Crippen LogP contribution in [0.4, 0.5) is 5.82 Å². The molecule has 5 nitrogen and oxygen atoms in total. The molecule has 0 aromatic carbocycles. The lowest BCUT2D eigenvalue weighted by Gasteiger charge is -2.32. The van der Waals surface area contributed by atoms with Crippen molar-refractivity contribution in [3.8, 4) is 0 Å². The summed E-state index contributed by atoms with van der Waals surface area (Å²) in [6.45, 7) is 4.35. The second kappa shape index (κ2) is 7.87. The van der Waals surface area contributed by atoms with Crippen LogP contribution in [0.3, 0.4) is 0 Å². The van der Waals surface area contributed by atoms with Crippen molar-refractivity contribution in [3.05, 3.63) is 15.7 Å². The zero-order valence-electron chi connectivity index (χ0n) is 15.0. The van der Waals surface area contributed by atoms with Gasteiger partial charge in [0.2, 0.25) is 5.28 Å². The molecule has 1 saturated carbocycles. The lowest BCUT2D eigenvalue weighted by Crippen LogP contribution is -2.34. The molecule has 2 heterocycles. The van der Waals surface area contributed by atoms with E-state index in [9.17, 15) is 4.79 Å². The van der Waals surface area contributed by atoms with Gasteiger partial charge in [0.25, 0.3) is 0 Å². The van der Waals surface area contributed by atoms with Crippen molar-refractivity contribution < 1.29 is 9.53 Å². The van der Waals surface area contributed by atoms with Crippen LogP contribution in [0.2, 0.25) is 5.28 Å². The van der Waals surface area contributed by atoms with Crippen molar-refractivity contribution in [1.82, 2.24) is 9.97 Å². The molecule has 0 aliphatic heterocycles. The minimum absolute atomic E-state index is 0.222. The zero-order valence-corrected chi connectivity index (χ0v) is 16.5. The first kappa shape index (κ1) is 18.4. The summed E-state index contributed by atoms with van der Waals surface area (Å²) < 4.78 is 5.31. The fourth-order valence-electron chi connectivity index (χ4n) is 3.44. The third-order valence-electron chi connectivity index (χ3n) is 4.82. The largest absolute Gasteiger partial charge is 0.462 e. The molecule has 1 aliphatic carbocycles. The average Bonchev–Trinajstić information content (AvgIpc) is 2.95. The molecule has 1 fully saturated rings. The van der Waals surface area contributed by atoms with Gasteiger partial charge in [0, 0.05) is 13.1 Å². The molecule has 0 amide bonds. The Balaban J connectivity index is 2.03. The van der Waals surface area contributed by atoms with Gasteiger partial charge in [-0.25, -0.2) is 9.78 Å². The summed E-state index contributed by atoms with van der Waals surface area (Å²) in [6, 6.07) is 0.456. The van der Waals surface area contributed by atoms with Gasteiger partial charge in [-0.2, -0.15) is 4.98 Å². The van der Waals surface area contributed by atoms with Gasteiger partial charge in [-0.3, -0.25) is 0 Å². The quantitative estimate of drug-likeness (QED) is 0.539. The molecular formula is C18H24ClN3O2S. The first-order chi connectivity index (χ1) is 12.0. The van der Waals surface area contributed by atoms with Crippen LogP contribution in [0, 0.1) is 6.92 Å². The lowest BCUT2D eigenvalue weighted by atomic mass is 9.94. The number of thiophene rings is 1. The van der Waals surface area contributed by atoms with Gasteiger partial charge in [-0.05, 0) is 43.4 Å². The third kappa shape index (κ3) is 3.75. The molecule has 1 aliphatic rings. The van der Waals surface area contributed by atoms with Crippen molar-refractivity contribution in [2.75, 3.05) is 18.6 Å². The first-order valence-electron chi connectivity index (χ1n) is 8.89. The van der Waals surface area contributed by atoms with Crippen molar-refractivity contribution in [2.24, 2.45) is 0 Å². The summed E-state index contributed by atoms with van der Waals surface area (Å²) in [5.74, 6) is 0.537. The molecule has 0 unspecified atom stereocenters. The molecule has 0 spiro atoms. The Kier molecular flexibility index (Phi) is 5.79. The second-order valence-electron chi connectivity index (χ2n) is 6.59. The fourth-order valence-corrected chi connectivity index (χ4v) is 4.73.